The molecule has 1 atom stereocenters. The Morgan fingerprint density at radius 2 is 2.12 bits per heavy atom. The molecule has 2 aliphatic rings. The van der Waals surface area contributed by atoms with Gasteiger partial charge in [0.05, 0.1) is 12.3 Å². The van der Waals surface area contributed by atoms with Gasteiger partial charge in [0.25, 0.3) is 0 Å². The van der Waals surface area contributed by atoms with Crippen LogP contribution in [0, 0.1) is 0 Å². The maximum Gasteiger partial charge on any atom is 0.232 e. The van der Waals surface area contributed by atoms with Crippen LogP contribution in [0.15, 0.2) is 29.4 Å². The second-order valence-corrected chi connectivity index (χ2v) is 7.49. The Labute approximate surface area is 155 Å². The number of thioether (sulfide) groups is 1. The smallest absolute Gasteiger partial charge is 0.232 e. The summed E-state index contributed by atoms with van der Waals surface area (Å²) in [5.74, 6) is 8.92. The van der Waals surface area contributed by atoms with Crippen molar-refractivity contribution in [3.05, 3.63) is 30.1 Å². The number of rotatable bonds is 6. The normalized spacial score (nSPS) is 18.6. The lowest BCUT2D eigenvalue weighted by molar-refractivity contribution is -0.128. The molecule has 0 saturated heterocycles. The van der Waals surface area contributed by atoms with Gasteiger partial charge in [0.1, 0.15) is 6.61 Å². The van der Waals surface area contributed by atoms with Gasteiger partial charge in [0.15, 0.2) is 23.4 Å². The molecule has 0 bridgehead atoms. The van der Waals surface area contributed by atoms with Gasteiger partial charge < -0.3 is 20.2 Å². The average Bonchev–Trinajstić information content (AvgIpc) is 3.43. The van der Waals surface area contributed by atoms with Crippen molar-refractivity contribution in [3.63, 3.8) is 0 Å². The molecule has 1 aromatic heterocycles. The largest absolute Gasteiger partial charge is 0.486 e. The summed E-state index contributed by atoms with van der Waals surface area (Å²) in [6.45, 7) is 0.875. The molecule has 1 saturated carbocycles. The van der Waals surface area contributed by atoms with E-state index < -0.39 is 0 Å². The lowest BCUT2D eigenvalue weighted by atomic mass is 10.2. The number of carbonyl (C=O) groups excluding carboxylic acids is 1. The molecule has 9 heteroatoms. The molecule has 1 amide bonds. The quantitative estimate of drug-likeness (QED) is 0.600. The van der Waals surface area contributed by atoms with Crippen molar-refractivity contribution in [2.75, 3.05) is 31.8 Å². The van der Waals surface area contributed by atoms with Crippen molar-refractivity contribution >= 4 is 17.7 Å². The SMILES string of the molecule is CN(C[C@H]1COc2ccccc2O1)C(=O)CSc1nnc(C2CC2)n1N. The Kier molecular flexibility index (Phi) is 4.62. The summed E-state index contributed by atoms with van der Waals surface area (Å²) in [5, 5.41) is 8.77. The van der Waals surface area contributed by atoms with Gasteiger partial charge in [-0.05, 0) is 25.0 Å². The third-order valence-electron chi connectivity index (χ3n) is 4.43. The van der Waals surface area contributed by atoms with E-state index in [1.807, 2.05) is 24.3 Å². The number of aromatic nitrogens is 3. The molecular weight excluding hydrogens is 354 g/mol. The highest BCUT2D eigenvalue weighted by Gasteiger charge is 2.30. The van der Waals surface area contributed by atoms with Crippen LogP contribution in [0.25, 0.3) is 0 Å². The highest BCUT2D eigenvalue weighted by atomic mass is 32.2. The van der Waals surface area contributed by atoms with Crippen molar-refractivity contribution in [2.45, 2.75) is 30.0 Å². The number of amides is 1. The summed E-state index contributed by atoms with van der Waals surface area (Å²) in [6, 6.07) is 7.54. The minimum atomic E-state index is -0.191. The summed E-state index contributed by atoms with van der Waals surface area (Å²) >= 11 is 1.30. The summed E-state index contributed by atoms with van der Waals surface area (Å²) in [6.07, 6.45) is 2.02. The predicted molar refractivity (Wildman–Crippen MR) is 96.9 cm³/mol. The van der Waals surface area contributed by atoms with E-state index in [1.54, 1.807) is 11.9 Å². The van der Waals surface area contributed by atoms with Gasteiger partial charge in [-0.3, -0.25) is 4.79 Å². The third-order valence-corrected chi connectivity index (χ3v) is 5.36. The molecule has 4 rings (SSSR count). The van der Waals surface area contributed by atoms with E-state index in [9.17, 15) is 4.79 Å². The van der Waals surface area contributed by atoms with Crippen molar-refractivity contribution in [1.82, 2.24) is 19.8 Å². The Bertz CT molecular complexity index is 807. The van der Waals surface area contributed by atoms with Gasteiger partial charge in [-0.15, -0.1) is 10.2 Å². The first kappa shape index (κ1) is 17.0. The number of carbonyl (C=O) groups is 1. The Balaban J connectivity index is 1.28. The first-order valence-corrected chi connectivity index (χ1v) is 9.56. The van der Waals surface area contributed by atoms with Crippen molar-refractivity contribution < 1.29 is 14.3 Å². The molecule has 2 heterocycles. The molecule has 138 valence electrons. The van der Waals surface area contributed by atoms with Gasteiger partial charge in [0.2, 0.25) is 11.1 Å². The molecule has 1 aliphatic heterocycles. The monoisotopic (exact) mass is 375 g/mol. The summed E-state index contributed by atoms with van der Waals surface area (Å²) < 4.78 is 13.1. The van der Waals surface area contributed by atoms with Crippen LogP contribution in [0.3, 0.4) is 0 Å². The highest BCUT2D eigenvalue weighted by Crippen LogP contribution is 2.39. The average molecular weight is 375 g/mol. The summed E-state index contributed by atoms with van der Waals surface area (Å²) in [7, 11) is 1.76. The van der Waals surface area contributed by atoms with Gasteiger partial charge in [-0.2, -0.15) is 0 Å². The summed E-state index contributed by atoms with van der Waals surface area (Å²) in [5.41, 5.74) is 0. The molecule has 2 N–H and O–H groups in total. The Hall–Kier alpha value is -2.42. The lowest BCUT2D eigenvalue weighted by Gasteiger charge is -2.29. The van der Waals surface area contributed by atoms with Crippen LogP contribution in [-0.2, 0) is 4.79 Å². The third kappa shape index (κ3) is 3.57. The van der Waals surface area contributed by atoms with E-state index in [2.05, 4.69) is 10.2 Å². The number of benzene rings is 1. The number of hydrogen-bond donors (Lipinski definition) is 1. The van der Waals surface area contributed by atoms with Gasteiger partial charge in [0, 0.05) is 13.0 Å². The van der Waals surface area contributed by atoms with Crippen LogP contribution >= 0.6 is 11.8 Å². The minimum absolute atomic E-state index is 0.0200. The first-order chi connectivity index (χ1) is 12.6. The number of fused-ring (bicyclic) bond motifs is 1. The molecule has 1 aromatic carbocycles. The van der Waals surface area contributed by atoms with E-state index >= 15 is 0 Å². The maximum atomic E-state index is 12.4. The van der Waals surface area contributed by atoms with E-state index in [-0.39, 0.29) is 17.8 Å². The van der Waals surface area contributed by atoms with Crippen LogP contribution in [0.4, 0.5) is 0 Å². The molecule has 2 aromatic rings. The standard InChI is InChI=1S/C17H21N5O3S/c1-21(8-12-9-24-13-4-2-3-5-14(13)25-12)15(23)10-26-17-20-19-16(22(17)18)11-6-7-11/h2-5,11-12H,6-10,18H2,1H3/t12-/m0/s1. The number of nitrogen functional groups attached to an aromatic ring is 1. The maximum absolute atomic E-state index is 12.4. The van der Waals surface area contributed by atoms with E-state index in [0.29, 0.717) is 30.0 Å². The van der Waals surface area contributed by atoms with Crippen LogP contribution in [-0.4, -0.2) is 57.7 Å². The topological polar surface area (TPSA) is 95.5 Å². The van der Waals surface area contributed by atoms with Gasteiger partial charge >= 0.3 is 0 Å². The molecule has 8 nitrogen and oxygen atoms in total. The van der Waals surface area contributed by atoms with Gasteiger partial charge in [-0.25, -0.2) is 4.68 Å². The van der Waals surface area contributed by atoms with E-state index in [4.69, 9.17) is 15.3 Å². The number of para-hydroxylation sites is 2. The van der Waals surface area contributed by atoms with Crippen LogP contribution in [0.2, 0.25) is 0 Å². The second-order valence-electron chi connectivity index (χ2n) is 6.55. The van der Waals surface area contributed by atoms with E-state index in [0.717, 1.165) is 24.4 Å². The van der Waals surface area contributed by atoms with Crippen molar-refractivity contribution in [1.29, 1.82) is 0 Å². The van der Waals surface area contributed by atoms with Crippen molar-refractivity contribution in [3.8, 4) is 11.5 Å². The predicted octanol–water partition coefficient (Wildman–Crippen LogP) is 1.26. The zero-order chi connectivity index (χ0) is 18.1. The lowest BCUT2D eigenvalue weighted by Crippen LogP contribution is -2.42. The number of hydrogen-bond acceptors (Lipinski definition) is 7. The number of likely N-dealkylation sites (N-methyl/N-ethyl adjacent to an activating group) is 1. The molecular formula is C17H21N5O3S. The Morgan fingerprint density at radius 1 is 1.35 bits per heavy atom. The first-order valence-electron chi connectivity index (χ1n) is 8.57. The summed E-state index contributed by atoms with van der Waals surface area (Å²) in [4.78, 5) is 14.1. The molecule has 0 radical (unpaired) electrons. The highest BCUT2D eigenvalue weighted by molar-refractivity contribution is 7.99. The molecule has 1 fully saturated rings. The van der Waals surface area contributed by atoms with Crippen LogP contribution in [0.1, 0.15) is 24.6 Å². The van der Waals surface area contributed by atoms with Crippen molar-refractivity contribution in [2.24, 2.45) is 0 Å². The number of ether oxygens (including phenoxy) is 2. The van der Waals surface area contributed by atoms with Gasteiger partial charge in [-0.1, -0.05) is 23.9 Å². The molecule has 26 heavy (non-hydrogen) atoms. The second kappa shape index (κ2) is 7.06. The number of nitrogens with zero attached hydrogens (tertiary/aromatic N) is 4. The van der Waals surface area contributed by atoms with Crippen LogP contribution in [0.5, 0.6) is 11.5 Å². The number of nitrogens with two attached hydrogens (primary N) is 1. The molecule has 0 spiro atoms. The fourth-order valence-electron chi connectivity index (χ4n) is 2.80. The van der Waals surface area contributed by atoms with Crippen LogP contribution < -0.4 is 15.3 Å². The van der Waals surface area contributed by atoms with E-state index in [1.165, 1.54) is 16.4 Å². The molecule has 0 unspecified atom stereocenters. The fraction of sp³-hybridized carbons (Fsp3) is 0.471. The zero-order valence-corrected chi connectivity index (χ0v) is 15.3. The zero-order valence-electron chi connectivity index (χ0n) is 14.5. The fourth-order valence-corrected chi connectivity index (χ4v) is 3.61. The molecule has 1 aliphatic carbocycles. The Morgan fingerprint density at radius 3 is 2.88 bits per heavy atom. The minimum Gasteiger partial charge on any atom is -0.486 e.